The van der Waals surface area contributed by atoms with Gasteiger partial charge < -0.3 is 20.1 Å². The zero-order valence-corrected chi connectivity index (χ0v) is 20.1. The summed E-state index contributed by atoms with van der Waals surface area (Å²) in [6.07, 6.45) is 3.17. The summed E-state index contributed by atoms with van der Waals surface area (Å²) >= 11 is 0. The number of para-hydroxylation sites is 1. The lowest BCUT2D eigenvalue weighted by atomic mass is 10.0. The van der Waals surface area contributed by atoms with E-state index < -0.39 is 11.9 Å². The van der Waals surface area contributed by atoms with Crippen molar-refractivity contribution in [2.45, 2.75) is 32.3 Å². The second-order valence-electron chi connectivity index (χ2n) is 8.18. The van der Waals surface area contributed by atoms with Gasteiger partial charge in [0.15, 0.2) is 5.78 Å². The number of aliphatic carboxylic acids is 1. The maximum atomic E-state index is 13.0. The molecule has 0 aromatic heterocycles. The number of Topliss-reactive ketones (excluding diaryl/α,β-unsaturated/α-hetero) is 1. The summed E-state index contributed by atoms with van der Waals surface area (Å²) in [5, 5.41) is 12.6. The highest BCUT2D eigenvalue weighted by atomic mass is 19.1. The average molecular weight is 500 g/mol. The van der Waals surface area contributed by atoms with E-state index in [9.17, 15) is 18.8 Å². The fourth-order valence-corrected chi connectivity index (χ4v) is 3.61. The number of allylic oxidation sites excluding steroid dienone is 1. The standard InChI is InChI=1S/C24H29FN2O2.C2HNO4/c1-18(19(2)28)23-6-3-4-7-24(23)26-14-5-15-27-16-12-22(13-17-27)29-21-10-8-20(25)9-11-21;4-1(3-7)2(5)6/h3-4,6-11,22,26H,1,5,12-17H2,2H3;(H,5,6). The molecule has 0 saturated carbocycles. The van der Waals surface area contributed by atoms with E-state index in [2.05, 4.69) is 16.8 Å². The van der Waals surface area contributed by atoms with Gasteiger partial charge in [-0.15, -0.1) is 4.91 Å². The van der Waals surface area contributed by atoms with E-state index in [1.165, 1.54) is 12.1 Å². The lowest BCUT2D eigenvalue weighted by Crippen LogP contribution is -2.39. The number of amides is 1. The molecule has 0 bridgehead atoms. The molecule has 3 rings (SSSR count). The van der Waals surface area contributed by atoms with Crippen LogP contribution < -0.4 is 10.1 Å². The number of ether oxygens (including phenoxy) is 1. The zero-order chi connectivity index (χ0) is 26.5. The van der Waals surface area contributed by atoms with Crippen molar-refractivity contribution in [1.82, 2.24) is 4.90 Å². The van der Waals surface area contributed by atoms with E-state index in [1.807, 2.05) is 24.3 Å². The smallest absolute Gasteiger partial charge is 0.400 e. The Hall–Kier alpha value is -3.92. The summed E-state index contributed by atoms with van der Waals surface area (Å²) in [7, 11) is 0. The van der Waals surface area contributed by atoms with Gasteiger partial charge in [-0.05, 0) is 63.1 Å². The van der Waals surface area contributed by atoms with Gasteiger partial charge in [-0.25, -0.2) is 9.18 Å². The average Bonchev–Trinajstić information content (AvgIpc) is 2.88. The lowest BCUT2D eigenvalue weighted by Gasteiger charge is -2.32. The molecule has 2 aromatic rings. The van der Waals surface area contributed by atoms with Gasteiger partial charge in [0.1, 0.15) is 17.7 Å². The number of hydrogen-bond donors (Lipinski definition) is 2. The third-order valence-electron chi connectivity index (χ3n) is 5.56. The van der Waals surface area contributed by atoms with Crippen LogP contribution in [0.25, 0.3) is 5.57 Å². The van der Waals surface area contributed by atoms with Crippen LogP contribution in [0.15, 0.2) is 60.3 Å². The Balaban J connectivity index is 0.000000572. The SMILES string of the molecule is C=C(C(C)=O)c1ccccc1NCCCN1CCC(Oc2ccc(F)cc2)CC1.O=NC(=O)C(=O)O. The molecule has 1 aliphatic heterocycles. The molecule has 0 radical (unpaired) electrons. The maximum Gasteiger partial charge on any atom is 0.400 e. The number of carbonyl (C=O) groups excluding carboxylic acids is 2. The molecule has 0 spiro atoms. The fourth-order valence-electron chi connectivity index (χ4n) is 3.61. The summed E-state index contributed by atoms with van der Waals surface area (Å²) in [6, 6.07) is 14.0. The predicted octanol–water partition coefficient (Wildman–Crippen LogP) is 4.14. The molecule has 192 valence electrons. The lowest BCUT2D eigenvalue weighted by molar-refractivity contribution is -0.148. The number of carbonyl (C=O) groups is 3. The molecule has 0 unspecified atom stereocenters. The minimum Gasteiger partial charge on any atom is -0.490 e. The molecule has 1 fully saturated rings. The van der Waals surface area contributed by atoms with Gasteiger partial charge in [0.25, 0.3) is 0 Å². The van der Waals surface area contributed by atoms with E-state index in [4.69, 9.17) is 14.8 Å². The molecule has 36 heavy (non-hydrogen) atoms. The number of benzene rings is 2. The predicted molar refractivity (Wildman–Crippen MR) is 134 cm³/mol. The first-order chi connectivity index (χ1) is 17.2. The Morgan fingerprint density at radius 1 is 1.14 bits per heavy atom. The van der Waals surface area contributed by atoms with Crippen LogP contribution in [-0.2, 0) is 14.4 Å². The zero-order valence-electron chi connectivity index (χ0n) is 20.1. The van der Waals surface area contributed by atoms with Crippen LogP contribution in [0.4, 0.5) is 10.1 Å². The minimum atomic E-state index is -1.82. The Morgan fingerprint density at radius 2 is 1.78 bits per heavy atom. The molecule has 0 atom stereocenters. The number of rotatable bonds is 9. The number of ketones is 1. The van der Waals surface area contributed by atoms with Crippen molar-refractivity contribution in [2.75, 3.05) is 31.5 Å². The highest BCUT2D eigenvalue weighted by Crippen LogP contribution is 2.23. The Bertz CT molecular complexity index is 1070. The number of hydrogen-bond acceptors (Lipinski definition) is 7. The maximum absolute atomic E-state index is 13.0. The molecule has 2 aromatic carbocycles. The number of carboxylic acids is 1. The number of nitrogens with zero attached hydrogens (tertiary/aromatic N) is 2. The minimum absolute atomic E-state index is 0.00928. The van der Waals surface area contributed by atoms with Crippen molar-refractivity contribution in [3.63, 3.8) is 0 Å². The molecular weight excluding hydrogens is 469 g/mol. The molecule has 1 heterocycles. The van der Waals surface area contributed by atoms with Crippen molar-refractivity contribution < 1.29 is 28.6 Å². The van der Waals surface area contributed by atoms with E-state index in [-0.39, 0.29) is 17.7 Å². The van der Waals surface area contributed by atoms with Gasteiger partial charge in [-0.2, -0.15) is 0 Å². The van der Waals surface area contributed by atoms with E-state index in [0.717, 1.165) is 62.4 Å². The Kier molecular flexibility index (Phi) is 11.4. The summed E-state index contributed by atoms with van der Waals surface area (Å²) in [5.74, 6) is -3.01. The van der Waals surface area contributed by atoms with Crippen LogP contribution in [-0.4, -0.2) is 59.9 Å². The van der Waals surface area contributed by atoms with Gasteiger partial charge in [-0.1, -0.05) is 24.8 Å². The summed E-state index contributed by atoms with van der Waals surface area (Å²) in [5.41, 5.74) is 2.37. The van der Waals surface area contributed by atoms with Gasteiger partial charge in [-0.3, -0.25) is 9.59 Å². The molecule has 0 aliphatic carbocycles. The van der Waals surface area contributed by atoms with Crippen LogP contribution in [0.2, 0.25) is 0 Å². The van der Waals surface area contributed by atoms with E-state index in [0.29, 0.717) is 5.57 Å². The number of piperidine rings is 1. The van der Waals surface area contributed by atoms with Crippen molar-refractivity contribution in [2.24, 2.45) is 5.18 Å². The van der Waals surface area contributed by atoms with Crippen LogP contribution in [0.1, 0.15) is 31.7 Å². The second-order valence-corrected chi connectivity index (χ2v) is 8.18. The molecule has 1 saturated heterocycles. The first-order valence-electron chi connectivity index (χ1n) is 11.5. The number of carboxylic acid groups (broad SMARTS) is 1. The van der Waals surface area contributed by atoms with Gasteiger partial charge in [0.05, 0.1) is 0 Å². The number of anilines is 1. The van der Waals surface area contributed by atoms with E-state index in [1.54, 1.807) is 24.2 Å². The number of likely N-dealkylation sites (tertiary alicyclic amines) is 1. The van der Waals surface area contributed by atoms with Crippen LogP contribution in [0.5, 0.6) is 5.75 Å². The van der Waals surface area contributed by atoms with Gasteiger partial charge in [0.2, 0.25) is 0 Å². The molecular formula is C26H30FN3O6. The monoisotopic (exact) mass is 499 g/mol. The molecule has 2 N–H and O–H groups in total. The Morgan fingerprint density at radius 3 is 2.33 bits per heavy atom. The largest absolute Gasteiger partial charge is 0.490 e. The van der Waals surface area contributed by atoms with E-state index >= 15 is 0 Å². The third kappa shape index (κ3) is 9.38. The summed E-state index contributed by atoms with van der Waals surface area (Å²) < 4.78 is 18.9. The van der Waals surface area contributed by atoms with Crippen LogP contribution in [0, 0.1) is 10.7 Å². The van der Waals surface area contributed by atoms with Crippen molar-refractivity contribution in [3.8, 4) is 5.75 Å². The molecule has 9 nitrogen and oxygen atoms in total. The molecule has 10 heteroatoms. The highest BCUT2D eigenvalue weighted by molar-refractivity contribution is 6.31. The third-order valence-corrected chi connectivity index (χ3v) is 5.56. The van der Waals surface area contributed by atoms with Crippen molar-refractivity contribution >= 4 is 28.9 Å². The number of nitrogens with one attached hydrogen (secondary N) is 1. The van der Waals surface area contributed by atoms with Gasteiger partial charge >= 0.3 is 11.9 Å². The number of nitroso groups, excluding NO2 is 1. The number of halogens is 1. The summed E-state index contributed by atoms with van der Waals surface area (Å²) in [4.78, 5) is 41.8. The second kappa shape index (κ2) is 14.5. The molecule has 1 aliphatic rings. The normalized spacial score (nSPS) is 13.6. The first kappa shape index (κ1) is 28.3. The Labute approximate surface area is 208 Å². The highest BCUT2D eigenvalue weighted by Gasteiger charge is 2.20. The van der Waals surface area contributed by atoms with Gasteiger partial charge in [0, 0.05) is 41.6 Å². The first-order valence-corrected chi connectivity index (χ1v) is 11.5. The summed E-state index contributed by atoms with van der Waals surface area (Å²) in [6.45, 7) is 9.31. The van der Waals surface area contributed by atoms with Crippen molar-refractivity contribution in [1.29, 1.82) is 0 Å². The van der Waals surface area contributed by atoms with Crippen molar-refractivity contribution in [3.05, 3.63) is 71.4 Å². The van der Waals surface area contributed by atoms with Crippen LogP contribution >= 0.6 is 0 Å². The fraction of sp³-hybridized carbons (Fsp3) is 0.346. The topological polar surface area (TPSA) is 125 Å². The quantitative estimate of drug-likeness (QED) is 0.228. The van der Waals surface area contributed by atoms with Crippen LogP contribution in [0.3, 0.4) is 0 Å². The molecule has 1 amide bonds.